The Hall–Kier alpha value is -1.43. The Morgan fingerprint density at radius 1 is 1.00 bits per heavy atom. The molecule has 2 aliphatic rings. The van der Waals surface area contributed by atoms with Crippen LogP contribution in [0.1, 0.15) is 22.3 Å². The second-order valence-electron chi connectivity index (χ2n) is 5.69. The molecule has 5 nitrogen and oxygen atoms in total. The molecule has 0 N–H and O–H groups in total. The van der Waals surface area contributed by atoms with Gasteiger partial charge in [0.25, 0.3) is 0 Å². The number of hydrogen-bond donors (Lipinski definition) is 0. The molecule has 0 unspecified atom stereocenters. The van der Waals surface area contributed by atoms with Crippen LogP contribution < -0.4 is 0 Å². The Bertz CT molecular complexity index is 561. The molecule has 2 aliphatic heterocycles. The van der Waals surface area contributed by atoms with E-state index in [2.05, 4.69) is 38.1 Å². The van der Waals surface area contributed by atoms with Crippen molar-refractivity contribution in [1.82, 2.24) is 0 Å². The van der Waals surface area contributed by atoms with Crippen molar-refractivity contribution in [2.45, 2.75) is 39.5 Å². The molecule has 0 aromatic heterocycles. The predicted molar refractivity (Wildman–Crippen MR) is 78.2 cm³/mol. The van der Waals surface area contributed by atoms with Gasteiger partial charge in [-0.2, -0.15) is 0 Å². The van der Waals surface area contributed by atoms with Crippen LogP contribution in [-0.2, 0) is 19.0 Å². The minimum atomic E-state index is -0.452. The van der Waals surface area contributed by atoms with Crippen LogP contribution in [0.15, 0.2) is 17.3 Å². The molecule has 2 heterocycles. The van der Waals surface area contributed by atoms with E-state index in [1.54, 1.807) is 14.2 Å². The number of nitrogens with zero attached hydrogens (tertiary/aromatic N) is 1. The minimum Gasteiger partial charge on any atom is -0.386 e. The van der Waals surface area contributed by atoms with Gasteiger partial charge in [-0.3, -0.25) is 0 Å². The normalized spacial score (nSPS) is 31.0. The van der Waals surface area contributed by atoms with Crippen LogP contribution in [-0.4, -0.2) is 38.6 Å². The van der Waals surface area contributed by atoms with Gasteiger partial charge in [0.15, 0.2) is 12.4 Å². The fourth-order valence-electron chi connectivity index (χ4n) is 3.38. The zero-order valence-corrected chi connectivity index (χ0v) is 13.0. The number of oxime groups is 1. The summed E-state index contributed by atoms with van der Waals surface area (Å²) in [4.78, 5) is 5.58. The molecule has 1 fully saturated rings. The van der Waals surface area contributed by atoms with Crippen molar-refractivity contribution in [2.75, 3.05) is 14.2 Å². The quantitative estimate of drug-likeness (QED) is 0.857. The largest absolute Gasteiger partial charge is 0.386 e. The number of rotatable bonds is 3. The van der Waals surface area contributed by atoms with Gasteiger partial charge in [-0.1, -0.05) is 22.9 Å². The summed E-state index contributed by atoms with van der Waals surface area (Å²) >= 11 is 0. The van der Waals surface area contributed by atoms with E-state index in [0.29, 0.717) is 0 Å². The van der Waals surface area contributed by atoms with Gasteiger partial charge in [-0.25, -0.2) is 0 Å². The van der Waals surface area contributed by atoms with Gasteiger partial charge in [0, 0.05) is 19.8 Å². The first-order valence-corrected chi connectivity index (χ1v) is 7.09. The smallest absolute Gasteiger partial charge is 0.200 e. The Kier molecular flexibility index (Phi) is 3.73. The molecule has 0 amide bonds. The highest BCUT2D eigenvalue weighted by Gasteiger charge is 2.54. The van der Waals surface area contributed by atoms with Crippen LogP contribution >= 0.6 is 0 Å². The van der Waals surface area contributed by atoms with Crippen molar-refractivity contribution in [3.8, 4) is 0 Å². The lowest BCUT2D eigenvalue weighted by molar-refractivity contribution is -0.206. The maximum atomic E-state index is 5.73. The molecule has 0 bridgehead atoms. The molecule has 4 atom stereocenters. The zero-order chi connectivity index (χ0) is 15.1. The van der Waals surface area contributed by atoms with E-state index < -0.39 is 12.6 Å². The van der Waals surface area contributed by atoms with E-state index >= 15 is 0 Å². The molecule has 0 spiro atoms. The molecular formula is C16H21NO4. The predicted octanol–water partition coefficient (Wildman–Crippen LogP) is 2.31. The molecule has 0 aliphatic carbocycles. The van der Waals surface area contributed by atoms with Gasteiger partial charge >= 0.3 is 0 Å². The van der Waals surface area contributed by atoms with Crippen LogP contribution in [0.5, 0.6) is 0 Å². The highest BCUT2D eigenvalue weighted by atomic mass is 16.8. The van der Waals surface area contributed by atoms with E-state index in [4.69, 9.17) is 19.0 Å². The fraction of sp³-hybridized carbons (Fsp3) is 0.562. The Labute approximate surface area is 124 Å². The summed E-state index contributed by atoms with van der Waals surface area (Å²) < 4.78 is 16.5. The van der Waals surface area contributed by atoms with Crippen molar-refractivity contribution < 1.29 is 19.0 Å². The maximum absolute atomic E-state index is 5.73. The average Bonchev–Trinajstić information content (AvgIpc) is 2.98. The van der Waals surface area contributed by atoms with Gasteiger partial charge in [-0.05, 0) is 31.9 Å². The monoisotopic (exact) mass is 291 g/mol. The lowest BCUT2D eigenvalue weighted by atomic mass is 9.87. The number of fused-ring (bicyclic) bond motifs is 1. The molecular weight excluding hydrogens is 270 g/mol. The lowest BCUT2D eigenvalue weighted by Gasteiger charge is -2.18. The van der Waals surface area contributed by atoms with Crippen LogP contribution in [0.3, 0.4) is 0 Å². The lowest BCUT2D eigenvalue weighted by Crippen LogP contribution is -2.32. The van der Waals surface area contributed by atoms with Gasteiger partial charge in [-0.15, -0.1) is 0 Å². The Morgan fingerprint density at radius 3 is 2.19 bits per heavy atom. The summed E-state index contributed by atoms with van der Waals surface area (Å²) in [5, 5.41) is 4.31. The number of benzene rings is 1. The van der Waals surface area contributed by atoms with Crippen molar-refractivity contribution in [1.29, 1.82) is 0 Å². The van der Waals surface area contributed by atoms with E-state index in [1.165, 1.54) is 16.7 Å². The average molecular weight is 291 g/mol. The topological polar surface area (TPSA) is 49.3 Å². The van der Waals surface area contributed by atoms with Crippen LogP contribution in [0.4, 0.5) is 0 Å². The summed E-state index contributed by atoms with van der Waals surface area (Å²) in [5.41, 5.74) is 5.62. The molecule has 0 saturated carbocycles. The van der Waals surface area contributed by atoms with Crippen LogP contribution in [0.25, 0.3) is 0 Å². The van der Waals surface area contributed by atoms with E-state index in [-0.39, 0.29) is 12.0 Å². The van der Waals surface area contributed by atoms with Crippen molar-refractivity contribution in [3.05, 3.63) is 34.4 Å². The number of methoxy groups -OCH3 is 2. The third-order valence-corrected chi connectivity index (χ3v) is 4.17. The second-order valence-corrected chi connectivity index (χ2v) is 5.69. The van der Waals surface area contributed by atoms with Crippen LogP contribution in [0, 0.1) is 26.7 Å². The minimum absolute atomic E-state index is 0.0694. The Morgan fingerprint density at radius 2 is 1.62 bits per heavy atom. The van der Waals surface area contributed by atoms with E-state index in [9.17, 15) is 0 Å². The van der Waals surface area contributed by atoms with Gasteiger partial charge in [0.1, 0.15) is 5.92 Å². The first-order valence-electron chi connectivity index (χ1n) is 7.09. The standard InChI is InChI=1S/C16H21NO4/c1-8-6-9(2)11(10(3)7-8)13-12-14(21-17-13)16(19-5)20-15(12)18-4/h6-7,12,14-16H,1-5H3/t12-,14-,15+,16-/m0/s1. The second kappa shape index (κ2) is 5.40. The molecule has 1 saturated heterocycles. The zero-order valence-electron chi connectivity index (χ0n) is 13.0. The van der Waals surface area contributed by atoms with Gasteiger partial charge < -0.3 is 19.0 Å². The van der Waals surface area contributed by atoms with Gasteiger partial charge in [0.05, 0.1) is 5.71 Å². The number of hydrogen-bond acceptors (Lipinski definition) is 5. The first kappa shape index (κ1) is 14.5. The third-order valence-electron chi connectivity index (χ3n) is 4.17. The summed E-state index contributed by atoms with van der Waals surface area (Å²) in [6, 6.07) is 4.31. The Balaban J connectivity index is 2.01. The van der Waals surface area contributed by atoms with Crippen molar-refractivity contribution >= 4 is 5.71 Å². The number of aryl methyl sites for hydroxylation is 3. The molecule has 5 heteroatoms. The summed E-state index contributed by atoms with van der Waals surface area (Å²) in [6.07, 6.45) is -1.11. The maximum Gasteiger partial charge on any atom is 0.200 e. The summed E-state index contributed by atoms with van der Waals surface area (Å²) in [6.45, 7) is 6.28. The molecule has 1 aromatic rings. The van der Waals surface area contributed by atoms with Gasteiger partial charge in [0.2, 0.25) is 6.29 Å². The molecule has 0 radical (unpaired) electrons. The van der Waals surface area contributed by atoms with E-state index in [0.717, 1.165) is 11.3 Å². The first-order chi connectivity index (χ1) is 10.1. The number of ether oxygens (including phenoxy) is 3. The van der Waals surface area contributed by atoms with Crippen molar-refractivity contribution in [3.63, 3.8) is 0 Å². The molecule has 21 heavy (non-hydrogen) atoms. The van der Waals surface area contributed by atoms with Crippen molar-refractivity contribution in [2.24, 2.45) is 11.1 Å². The highest BCUT2D eigenvalue weighted by molar-refractivity contribution is 6.05. The molecule has 114 valence electrons. The molecule has 3 rings (SSSR count). The summed E-state index contributed by atoms with van der Waals surface area (Å²) in [5.74, 6) is -0.0694. The fourth-order valence-corrected chi connectivity index (χ4v) is 3.38. The highest BCUT2D eigenvalue weighted by Crippen LogP contribution is 2.39. The van der Waals surface area contributed by atoms with Crippen LogP contribution in [0.2, 0.25) is 0 Å². The molecule has 1 aromatic carbocycles. The summed E-state index contributed by atoms with van der Waals surface area (Å²) in [7, 11) is 3.23. The van der Waals surface area contributed by atoms with E-state index in [1.807, 2.05) is 0 Å². The SMILES string of the molecule is CO[C@H]1O[C@@H](OC)[C@H]2C(c3c(C)cc(C)cc3C)=NO[C@H]12. The third kappa shape index (κ3) is 2.25.